The van der Waals surface area contributed by atoms with E-state index in [-0.39, 0.29) is 22.3 Å². The van der Waals surface area contributed by atoms with E-state index in [1.165, 1.54) is 18.2 Å². The van der Waals surface area contributed by atoms with Crippen LogP contribution in [0.3, 0.4) is 0 Å². The molecule has 0 saturated heterocycles. The fourth-order valence-electron chi connectivity index (χ4n) is 1.92. The van der Waals surface area contributed by atoms with Gasteiger partial charge in [-0.2, -0.15) is 5.10 Å². The Kier molecular flexibility index (Phi) is 4.97. The normalized spacial score (nSPS) is 12.3. The number of aryl methyl sites for hydroxylation is 1. The molecule has 0 unspecified atom stereocenters. The molecule has 8 heteroatoms. The molecular formula is C14H15ClF2N4O. The summed E-state index contributed by atoms with van der Waals surface area (Å²) in [6.45, 7) is 1.79. The van der Waals surface area contributed by atoms with E-state index >= 15 is 0 Å². The molecule has 118 valence electrons. The summed E-state index contributed by atoms with van der Waals surface area (Å²) in [5, 5.41) is 9.00. The highest BCUT2D eigenvalue weighted by atomic mass is 35.5. The highest BCUT2D eigenvalue weighted by Crippen LogP contribution is 2.32. The molecule has 0 aliphatic rings. The largest absolute Gasteiger partial charge is 0.331 e. The van der Waals surface area contributed by atoms with Crippen LogP contribution in [0, 0.1) is 0 Å². The molecule has 2 N–H and O–H groups in total. The molecule has 2 aromatic rings. The third kappa shape index (κ3) is 3.73. The van der Waals surface area contributed by atoms with Gasteiger partial charge in [-0.25, -0.2) is 13.6 Å². The summed E-state index contributed by atoms with van der Waals surface area (Å²) in [6, 6.07) is 3.26. The van der Waals surface area contributed by atoms with Crippen molar-refractivity contribution in [2.24, 2.45) is 7.05 Å². The van der Waals surface area contributed by atoms with E-state index in [0.29, 0.717) is 0 Å². The number of benzene rings is 1. The van der Waals surface area contributed by atoms with E-state index in [0.717, 1.165) is 5.56 Å². The molecule has 0 aliphatic heterocycles. The number of carbonyl (C=O) groups excluding carboxylic acids is 1. The molecule has 1 aromatic heterocycles. The van der Waals surface area contributed by atoms with Crippen LogP contribution in [0.1, 0.15) is 30.5 Å². The zero-order valence-corrected chi connectivity index (χ0v) is 12.7. The van der Waals surface area contributed by atoms with Crippen LogP contribution in [0.4, 0.5) is 19.3 Å². The second-order valence-corrected chi connectivity index (χ2v) is 5.15. The van der Waals surface area contributed by atoms with Crippen molar-refractivity contribution in [1.29, 1.82) is 0 Å². The number of hydrogen-bond acceptors (Lipinski definition) is 2. The lowest BCUT2D eigenvalue weighted by Gasteiger charge is -2.15. The summed E-state index contributed by atoms with van der Waals surface area (Å²) in [7, 11) is 1.77. The van der Waals surface area contributed by atoms with Gasteiger partial charge in [0.15, 0.2) is 0 Å². The number of urea groups is 1. The van der Waals surface area contributed by atoms with Crippen molar-refractivity contribution in [3.8, 4) is 0 Å². The smallest absolute Gasteiger partial charge is 0.319 e. The monoisotopic (exact) mass is 328 g/mol. The number of rotatable bonds is 4. The number of halogens is 3. The summed E-state index contributed by atoms with van der Waals surface area (Å²) in [5.74, 6) is 0. The van der Waals surface area contributed by atoms with Crippen LogP contribution < -0.4 is 10.6 Å². The molecule has 1 atom stereocenters. The Morgan fingerprint density at radius 2 is 2.14 bits per heavy atom. The quantitative estimate of drug-likeness (QED) is 0.894. The second-order valence-electron chi connectivity index (χ2n) is 4.78. The highest BCUT2D eigenvalue weighted by molar-refractivity contribution is 6.34. The van der Waals surface area contributed by atoms with E-state index in [9.17, 15) is 13.6 Å². The van der Waals surface area contributed by atoms with E-state index in [4.69, 9.17) is 11.6 Å². The maximum atomic E-state index is 12.8. The third-order valence-corrected chi connectivity index (χ3v) is 3.51. The molecule has 0 fully saturated rings. The zero-order chi connectivity index (χ0) is 16.3. The Balaban J connectivity index is 2.05. The number of hydrogen-bond donors (Lipinski definition) is 2. The molecule has 0 radical (unpaired) electrons. The van der Waals surface area contributed by atoms with Crippen LogP contribution in [0.5, 0.6) is 0 Å². The maximum absolute atomic E-state index is 12.8. The van der Waals surface area contributed by atoms with Crippen LogP contribution >= 0.6 is 11.6 Å². The van der Waals surface area contributed by atoms with E-state index in [1.54, 1.807) is 31.0 Å². The average Bonchev–Trinajstić information content (AvgIpc) is 2.87. The highest BCUT2D eigenvalue weighted by Gasteiger charge is 2.17. The molecule has 0 spiro atoms. The van der Waals surface area contributed by atoms with Gasteiger partial charge in [0.2, 0.25) is 0 Å². The Labute approximate surface area is 131 Å². The van der Waals surface area contributed by atoms with Crippen LogP contribution in [0.15, 0.2) is 30.6 Å². The van der Waals surface area contributed by atoms with Gasteiger partial charge in [0.1, 0.15) is 0 Å². The Hall–Kier alpha value is -2.15. The van der Waals surface area contributed by atoms with Crippen molar-refractivity contribution in [3.63, 3.8) is 0 Å². The zero-order valence-electron chi connectivity index (χ0n) is 12.0. The van der Waals surface area contributed by atoms with Gasteiger partial charge in [0.05, 0.1) is 22.9 Å². The summed E-state index contributed by atoms with van der Waals surface area (Å²) < 4.78 is 27.1. The van der Waals surface area contributed by atoms with Crippen molar-refractivity contribution in [3.05, 3.63) is 46.7 Å². The van der Waals surface area contributed by atoms with Gasteiger partial charge in [0.25, 0.3) is 6.43 Å². The molecule has 2 amide bonds. The first-order valence-corrected chi connectivity index (χ1v) is 6.89. The summed E-state index contributed by atoms with van der Waals surface area (Å²) in [6.07, 6.45) is 0.705. The number of nitrogens with one attached hydrogen (secondary N) is 2. The molecule has 1 heterocycles. The summed E-state index contributed by atoms with van der Waals surface area (Å²) in [4.78, 5) is 11.9. The topological polar surface area (TPSA) is 59.0 Å². The molecular weight excluding hydrogens is 314 g/mol. The lowest BCUT2D eigenvalue weighted by Crippen LogP contribution is -2.31. The van der Waals surface area contributed by atoms with Crippen LogP contribution in [0.2, 0.25) is 5.02 Å². The number of aromatic nitrogens is 2. The first-order valence-electron chi connectivity index (χ1n) is 6.51. The predicted molar refractivity (Wildman–Crippen MR) is 80.2 cm³/mol. The number of anilines is 1. The fraction of sp³-hybridized carbons (Fsp3) is 0.286. The summed E-state index contributed by atoms with van der Waals surface area (Å²) >= 11 is 5.87. The lowest BCUT2D eigenvalue weighted by atomic mass is 10.2. The molecule has 5 nitrogen and oxygen atoms in total. The standard InChI is InChI=1S/C14H15ClF2N4O/c1-8(9-6-18-21(2)7-9)19-14(22)20-11-5-3-4-10(12(11)15)13(16)17/h3-8,13H,1-2H3,(H2,19,20,22)/t8-/m1/s1. The van der Waals surface area contributed by atoms with E-state index in [2.05, 4.69) is 15.7 Å². The average molecular weight is 329 g/mol. The molecule has 2 rings (SSSR count). The summed E-state index contributed by atoms with van der Waals surface area (Å²) in [5.41, 5.74) is 0.639. The predicted octanol–water partition coefficient (Wildman–Crippen LogP) is 3.89. The molecule has 0 aliphatic carbocycles. The SMILES string of the molecule is C[C@@H](NC(=O)Nc1cccc(C(F)F)c1Cl)c1cnn(C)c1. The van der Waals surface area contributed by atoms with Crippen LogP contribution in [-0.4, -0.2) is 15.8 Å². The van der Waals surface area contributed by atoms with Crippen molar-refractivity contribution < 1.29 is 13.6 Å². The first kappa shape index (κ1) is 16.2. The minimum absolute atomic E-state index is 0.135. The molecule has 22 heavy (non-hydrogen) atoms. The Morgan fingerprint density at radius 3 is 2.73 bits per heavy atom. The van der Waals surface area contributed by atoms with Gasteiger partial charge in [0, 0.05) is 24.4 Å². The lowest BCUT2D eigenvalue weighted by molar-refractivity contribution is 0.151. The van der Waals surface area contributed by atoms with Gasteiger partial charge in [-0.05, 0) is 13.0 Å². The molecule has 0 saturated carbocycles. The van der Waals surface area contributed by atoms with Crippen molar-refractivity contribution >= 4 is 23.3 Å². The number of alkyl halides is 2. The first-order chi connectivity index (χ1) is 10.4. The van der Waals surface area contributed by atoms with Gasteiger partial charge in [-0.1, -0.05) is 23.7 Å². The van der Waals surface area contributed by atoms with Gasteiger partial charge in [-0.3, -0.25) is 4.68 Å². The van der Waals surface area contributed by atoms with Crippen molar-refractivity contribution in [2.45, 2.75) is 19.4 Å². The Morgan fingerprint density at radius 1 is 1.41 bits per heavy atom. The maximum Gasteiger partial charge on any atom is 0.319 e. The van der Waals surface area contributed by atoms with Crippen LogP contribution in [0.25, 0.3) is 0 Å². The minimum Gasteiger partial charge on any atom is -0.331 e. The molecule has 0 bridgehead atoms. The van der Waals surface area contributed by atoms with Gasteiger partial charge < -0.3 is 10.6 Å². The minimum atomic E-state index is -2.70. The van der Waals surface area contributed by atoms with Gasteiger partial charge >= 0.3 is 6.03 Å². The fourth-order valence-corrected chi connectivity index (χ4v) is 2.17. The third-order valence-electron chi connectivity index (χ3n) is 3.08. The van der Waals surface area contributed by atoms with E-state index in [1.807, 2.05) is 0 Å². The number of nitrogens with zero attached hydrogens (tertiary/aromatic N) is 2. The van der Waals surface area contributed by atoms with Crippen LogP contribution in [-0.2, 0) is 7.05 Å². The number of amides is 2. The van der Waals surface area contributed by atoms with Gasteiger partial charge in [-0.15, -0.1) is 0 Å². The second kappa shape index (κ2) is 6.74. The van der Waals surface area contributed by atoms with Crippen molar-refractivity contribution in [2.75, 3.05) is 5.32 Å². The molecule has 1 aromatic carbocycles. The number of carbonyl (C=O) groups is 1. The Bertz CT molecular complexity index is 675. The van der Waals surface area contributed by atoms with E-state index < -0.39 is 12.5 Å². The van der Waals surface area contributed by atoms with Crippen molar-refractivity contribution in [1.82, 2.24) is 15.1 Å².